The number of carbonyl (C=O) groups excluding carboxylic acids is 1. The van der Waals surface area contributed by atoms with E-state index in [1.165, 1.54) is 6.42 Å². The molecule has 0 unspecified atom stereocenters. The van der Waals surface area contributed by atoms with Crippen LogP contribution in [0.4, 0.5) is 0 Å². The van der Waals surface area contributed by atoms with Crippen LogP contribution in [-0.2, 0) is 4.79 Å². The van der Waals surface area contributed by atoms with E-state index in [-0.39, 0.29) is 11.4 Å². The van der Waals surface area contributed by atoms with Crippen molar-refractivity contribution in [3.8, 4) is 0 Å². The molecule has 100 valence electrons. The van der Waals surface area contributed by atoms with Crippen LogP contribution in [0, 0.1) is 0 Å². The zero-order valence-electron chi connectivity index (χ0n) is 11.8. The van der Waals surface area contributed by atoms with Crippen LogP contribution in [0.25, 0.3) is 0 Å². The van der Waals surface area contributed by atoms with Crippen LogP contribution in [0.15, 0.2) is 0 Å². The van der Waals surface area contributed by atoms with Gasteiger partial charge in [0.05, 0.1) is 0 Å². The highest BCUT2D eigenvalue weighted by molar-refractivity contribution is 5.73. The second kappa shape index (κ2) is 6.36. The molecule has 0 saturated carbocycles. The monoisotopic (exact) mass is 241 g/mol. The van der Waals surface area contributed by atoms with Crippen molar-refractivity contribution >= 4 is 5.91 Å². The minimum absolute atomic E-state index is 0.207. The number of piperazine rings is 1. The van der Waals surface area contributed by atoms with Gasteiger partial charge in [-0.2, -0.15) is 0 Å². The zero-order chi connectivity index (χ0) is 12.9. The van der Waals surface area contributed by atoms with Gasteiger partial charge in [-0.05, 0) is 40.3 Å². The molecule has 4 heteroatoms. The Morgan fingerprint density at radius 1 is 1.18 bits per heavy atom. The Bertz CT molecular complexity index is 240. The van der Waals surface area contributed by atoms with Crippen molar-refractivity contribution in [1.29, 1.82) is 0 Å². The summed E-state index contributed by atoms with van der Waals surface area (Å²) >= 11 is 0. The molecule has 0 aromatic heterocycles. The highest BCUT2D eigenvalue weighted by atomic mass is 16.2. The lowest BCUT2D eigenvalue weighted by Crippen LogP contribution is -2.48. The Labute approximate surface area is 105 Å². The smallest absolute Gasteiger partial charge is 0.219 e. The molecule has 1 aliphatic heterocycles. The summed E-state index contributed by atoms with van der Waals surface area (Å²) in [4.78, 5) is 15.6. The molecule has 1 amide bonds. The number of nitrogens with zero attached hydrogens (tertiary/aromatic N) is 2. The van der Waals surface area contributed by atoms with Crippen molar-refractivity contribution in [3.05, 3.63) is 0 Å². The van der Waals surface area contributed by atoms with Crippen molar-refractivity contribution in [1.82, 2.24) is 15.1 Å². The number of rotatable bonds is 4. The summed E-state index contributed by atoms with van der Waals surface area (Å²) in [6.45, 7) is 14.3. The van der Waals surface area contributed by atoms with E-state index in [2.05, 4.69) is 31.0 Å². The van der Waals surface area contributed by atoms with E-state index in [9.17, 15) is 4.79 Å². The van der Waals surface area contributed by atoms with Gasteiger partial charge in [0.15, 0.2) is 0 Å². The zero-order valence-corrected chi connectivity index (χ0v) is 11.8. The average Bonchev–Trinajstić information content (AvgIpc) is 2.24. The van der Waals surface area contributed by atoms with Gasteiger partial charge in [-0.1, -0.05) is 0 Å². The van der Waals surface area contributed by atoms with Gasteiger partial charge in [-0.25, -0.2) is 0 Å². The molecule has 1 rings (SSSR count). The van der Waals surface area contributed by atoms with Gasteiger partial charge >= 0.3 is 0 Å². The van der Waals surface area contributed by atoms with Gasteiger partial charge in [0, 0.05) is 38.6 Å². The van der Waals surface area contributed by atoms with E-state index in [1.54, 1.807) is 6.92 Å². The van der Waals surface area contributed by atoms with E-state index < -0.39 is 0 Å². The fourth-order valence-corrected chi connectivity index (χ4v) is 2.05. The molecule has 17 heavy (non-hydrogen) atoms. The van der Waals surface area contributed by atoms with Crippen LogP contribution in [0.1, 0.15) is 34.1 Å². The van der Waals surface area contributed by atoms with Gasteiger partial charge in [0.25, 0.3) is 0 Å². The third-order valence-electron chi connectivity index (χ3n) is 3.12. The minimum atomic E-state index is 0.207. The SMILES string of the molecule is CC(=O)N1CCN(CCCNC(C)(C)C)CC1. The van der Waals surface area contributed by atoms with Crippen LogP contribution >= 0.6 is 0 Å². The van der Waals surface area contributed by atoms with E-state index >= 15 is 0 Å². The van der Waals surface area contributed by atoms with Crippen molar-refractivity contribution in [2.45, 2.75) is 39.7 Å². The van der Waals surface area contributed by atoms with Crippen LogP contribution in [-0.4, -0.2) is 60.5 Å². The predicted octanol–water partition coefficient (Wildman–Crippen LogP) is 0.929. The van der Waals surface area contributed by atoms with Crippen LogP contribution in [0.5, 0.6) is 0 Å². The van der Waals surface area contributed by atoms with Crippen LogP contribution < -0.4 is 5.32 Å². The summed E-state index contributed by atoms with van der Waals surface area (Å²) in [5.41, 5.74) is 0.216. The maximum absolute atomic E-state index is 11.2. The van der Waals surface area contributed by atoms with Gasteiger partial charge in [-0.3, -0.25) is 9.69 Å². The standard InChI is InChI=1S/C13H27N3O/c1-12(17)16-10-8-15(9-11-16)7-5-6-14-13(2,3)4/h14H,5-11H2,1-4H3. The number of carbonyl (C=O) groups is 1. The number of amides is 1. The number of hydrogen-bond acceptors (Lipinski definition) is 3. The summed E-state index contributed by atoms with van der Waals surface area (Å²) in [7, 11) is 0. The number of hydrogen-bond donors (Lipinski definition) is 1. The molecule has 0 aliphatic carbocycles. The number of nitrogens with one attached hydrogen (secondary N) is 1. The first-order valence-corrected chi connectivity index (χ1v) is 6.61. The molecule has 1 heterocycles. The molecule has 0 aromatic carbocycles. The van der Waals surface area contributed by atoms with E-state index in [0.29, 0.717) is 0 Å². The maximum Gasteiger partial charge on any atom is 0.219 e. The molecule has 1 N–H and O–H groups in total. The highest BCUT2D eigenvalue weighted by Crippen LogP contribution is 2.03. The summed E-state index contributed by atoms with van der Waals surface area (Å²) < 4.78 is 0. The van der Waals surface area contributed by atoms with E-state index in [4.69, 9.17) is 0 Å². The third kappa shape index (κ3) is 6.03. The maximum atomic E-state index is 11.2. The first-order valence-electron chi connectivity index (χ1n) is 6.61. The Morgan fingerprint density at radius 3 is 2.24 bits per heavy atom. The van der Waals surface area contributed by atoms with Crippen molar-refractivity contribution in [2.75, 3.05) is 39.3 Å². The normalized spacial score (nSPS) is 18.5. The second-order valence-corrected chi connectivity index (χ2v) is 5.88. The van der Waals surface area contributed by atoms with Crippen molar-refractivity contribution in [2.24, 2.45) is 0 Å². The van der Waals surface area contributed by atoms with Crippen LogP contribution in [0.2, 0.25) is 0 Å². The lowest BCUT2D eigenvalue weighted by atomic mass is 10.1. The Hall–Kier alpha value is -0.610. The van der Waals surface area contributed by atoms with Gasteiger partial charge in [0.2, 0.25) is 5.91 Å². The third-order valence-corrected chi connectivity index (χ3v) is 3.12. The Balaban J connectivity index is 2.09. The topological polar surface area (TPSA) is 35.6 Å². The average molecular weight is 241 g/mol. The first-order chi connectivity index (χ1) is 7.88. The molecule has 1 fully saturated rings. The van der Waals surface area contributed by atoms with Crippen LogP contribution in [0.3, 0.4) is 0 Å². The molecular weight excluding hydrogens is 214 g/mol. The van der Waals surface area contributed by atoms with Gasteiger partial charge in [0.1, 0.15) is 0 Å². The molecule has 0 atom stereocenters. The first kappa shape index (κ1) is 14.5. The summed E-state index contributed by atoms with van der Waals surface area (Å²) in [5, 5.41) is 3.50. The summed E-state index contributed by atoms with van der Waals surface area (Å²) in [5.74, 6) is 0.207. The molecule has 0 spiro atoms. The molecule has 0 radical (unpaired) electrons. The quantitative estimate of drug-likeness (QED) is 0.744. The van der Waals surface area contributed by atoms with E-state index in [0.717, 1.165) is 39.3 Å². The molecular formula is C13H27N3O. The lowest BCUT2D eigenvalue weighted by molar-refractivity contribution is -0.130. The fourth-order valence-electron chi connectivity index (χ4n) is 2.05. The summed E-state index contributed by atoms with van der Waals surface area (Å²) in [6, 6.07) is 0. The predicted molar refractivity (Wildman–Crippen MR) is 71.1 cm³/mol. The molecule has 0 bridgehead atoms. The molecule has 1 saturated heterocycles. The van der Waals surface area contributed by atoms with E-state index in [1.807, 2.05) is 4.90 Å². The van der Waals surface area contributed by atoms with Crippen molar-refractivity contribution < 1.29 is 4.79 Å². The Kier molecular flexibility index (Phi) is 5.40. The summed E-state index contributed by atoms with van der Waals surface area (Å²) in [6.07, 6.45) is 1.18. The van der Waals surface area contributed by atoms with Gasteiger partial charge < -0.3 is 10.2 Å². The lowest BCUT2D eigenvalue weighted by Gasteiger charge is -2.34. The fraction of sp³-hybridized carbons (Fsp3) is 0.923. The second-order valence-electron chi connectivity index (χ2n) is 5.88. The molecule has 1 aliphatic rings. The highest BCUT2D eigenvalue weighted by Gasteiger charge is 2.17. The van der Waals surface area contributed by atoms with Crippen molar-refractivity contribution in [3.63, 3.8) is 0 Å². The largest absolute Gasteiger partial charge is 0.340 e. The van der Waals surface area contributed by atoms with Gasteiger partial charge in [-0.15, -0.1) is 0 Å². The molecule has 4 nitrogen and oxygen atoms in total. The molecule has 0 aromatic rings. The Morgan fingerprint density at radius 2 is 1.76 bits per heavy atom. The minimum Gasteiger partial charge on any atom is -0.340 e.